The van der Waals surface area contributed by atoms with Gasteiger partial charge in [-0.05, 0) is 34.7 Å². The van der Waals surface area contributed by atoms with E-state index < -0.39 is 6.61 Å². The summed E-state index contributed by atoms with van der Waals surface area (Å²) in [7, 11) is 0. The monoisotopic (exact) mass is 305 g/mol. The van der Waals surface area contributed by atoms with Crippen LogP contribution in [0.1, 0.15) is 0 Å². The summed E-state index contributed by atoms with van der Waals surface area (Å²) in [5.41, 5.74) is 0. The van der Waals surface area contributed by atoms with Gasteiger partial charge in [0.1, 0.15) is 8.85 Å². The Bertz CT molecular complexity index is 284. The number of hydrogen-bond acceptors (Lipinski definition) is 2. The smallest absolute Gasteiger partial charge is 0.387 e. The zero-order chi connectivity index (χ0) is 9.14. The van der Waals surface area contributed by atoms with Crippen molar-refractivity contribution >= 4 is 34.2 Å². The Morgan fingerprint density at radius 2 is 2.17 bits per heavy atom. The Hall–Kier alpha value is -0.170. The molecule has 0 aliphatic carbocycles. The molecule has 0 spiro atoms. The fourth-order valence-electron chi connectivity index (χ4n) is 0.583. The minimum Gasteiger partial charge on any atom is -0.432 e. The summed E-state index contributed by atoms with van der Waals surface area (Å²) in [6.07, 6.45) is 0. The van der Waals surface area contributed by atoms with E-state index in [9.17, 15) is 8.78 Å². The number of pyridine rings is 1. The molecule has 0 fully saturated rings. The lowest BCUT2D eigenvalue weighted by molar-refractivity contribution is -0.0507. The zero-order valence-electron chi connectivity index (χ0n) is 5.60. The van der Waals surface area contributed by atoms with Gasteiger partial charge in [-0.1, -0.05) is 11.6 Å². The molecule has 0 saturated heterocycles. The Labute approximate surface area is 86.0 Å². The molecule has 1 rings (SSSR count). The lowest BCUT2D eigenvalue weighted by Gasteiger charge is -2.04. The average molecular weight is 305 g/mol. The first kappa shape index (κ1) is 9.91. The molecule has 0 aliphatic heterocycles. The van der Waals surface area contributed by atoms with E-state index in [0.29, 0.717) is 3.70 Å². The van der Waals surface area contributed by atoms with Crippen molar-refractivity contribution in [3.8, 4) is 5.75 Å². The van der Waals surface area contributed by atoms with E-state index in [1.54, 1.807) is 22.6 Å². The minimum atomic E-state index is -2.83. The molecular formula is C6H3ClF2INO. The fourth-order valence-corrected chi connectivity index (χ4v) is 1.44. The zero-order valence-corrected chi connectivity index (χ0v) is 8.51. The molecular weight excluding hydrogens is 302 g/mol. The van der Waals surface area contributed by atoms with Gasteiger partial charge in [0.25, 0.3) is 0 Å². The highest BCUT2D eigenvalue weighted by Gasteiger charge is 2.08. The van der Waals surface area contributed by atoms with Crippen LogP contribution in [-0.2, 0) is 0 Å². The molecule has 6 heteroatoms. The number of hydrogen-bond donors (Lipinski definition) is 0. The first-order chi connectivity index (χ1) is 5.59. The van der Waals surface area contributed by atoms with Gasteiger partial charge >= 0.3 is 6.61 Å². The first-order valence-corrected chi connectivity index (χ1v) is 4.32. The van der Waals surface area contributed by atoms with Gasteiger partial charge in [-0.2, -0.15) is 8.78 Å². The van der Waals surface area contributed by atoms with Crippen LogP contribution in [-0.4, -0.2) is 11.6 Å². The molecule has 0 aromatic carbocycles. The SMILES string of the molecule is FC(F)Oc1ccc(Cl)nc1I. The Morgan fingerprint density at radius 1 is 1.50 bits per heavy atom. The second-order valence-corrected chi connectivity index (χ2v) is 3.21. The van der Waals surface area contributed by atoms with E-state index in [0.717, 1.165) is 0 Å². The summed E-state index contributed by atoms with van der Waals surface area (Å²) in [5, 5.41) is 0.251. The van der Waals surface area contributed by atoms with Crippen molar-refractivity contribution in [2.75, 3.05) is 0 Å². The van der Waals surface area contributed by atoms with E-state index in [1.807, 2.05) is 0 Å². The summed E-state index contributed by atoms with van der Waals surface area (Å²) in [6, 6.07) is 2.74. The van der Waals surface area contributed by atoms with Crippen LogP contribution in [0.15, 0.2) is 12.1 Å². The van der Waals surface area contributed by atoms with E-state index in [-0.39, 0.29) is 10.9 Å². The lowest BCUT2D eigenvalue weighted by atomic mass is 10.5. The van der Waals surface area contributed by atoms with Crippen LogP contribution in [0.4, 0.5) is 8.78 Å². The van der Waals surface area contributed by atoms with Crippen LogP contribution >= 0.6 is 34.2 Å². The molecule has 0 radical (unpaired) electrons. The largest absolute Gasteiger partial charge is 0.432 e. The summed E-state index contributed by atoms with van der Waals surface area (Å²) in [6.45, 7) is -2.83. The first-order valence-electron chi connectivity index (χ1n) is 2.86. The molecule has 0 saturated carbocycles. The quantitative estimate of drug-likeness (QED) is 0.619. The van der Waals surface area contributed by atoms with Crippen molar-refractivity contribution in [1.82, 2.24) is 4.98 Å². The lowest BCUT2D eigenvalue weighted by Crippen LogP contribution is -2.03. The van der Waals surface area contributed by atoms with Crippen LogP contribution in [0.5, 0.6) is 5.75 Å². The van der Waals surface area contributed by atoms with Crippen molar-refractivity contribution in [1.29, 1.82) is 0 Å². The van der Waals surface area contributed by atoms with Crippen molar-refractivity contribution in [2.45, 2.75) is 6.61 Å². The molecule has 1 aromatic rings. The standard InChI is InChI=1S/C6H3ClF2INO/c7-4-2-1-3(5(10)11-4)12-6(8)9/h1-2,6H. The van der Waals surface area contributed by atoms with Gasteiger partial charge in [-0.15, -0.1) is 0 Å². The molecule has 66 valence electrons. The highest BCUT2D eigenvalue weighted by atomic mass is 127. The van der Waals surface area contributed by atoms with Gasteiger partial charge in [0.15, 0.2) is 5.75 Å². The Morgan fingerprint density at radius 3 is 2.67 bits per heavy atom. The van der Waals surface area contributed by atoms with E-state index in [1.165, 1.54) is 12.1 Å². The van der Waals surface area contributed by atoms with Crippen molar-refractivity contribution in [3.63, 3.8) is 0 Å². The summed E-state index contributed by atoms with van der Waals surface area (Å²) in [5.74, 6) is 0.0370. The third-order valence-electron chi connectivity index (χ3n) is 0.997. The molecule has 2 nitrogen and oxygen atoms in total. The third-order valence-corrected chi connectivity index (χ3v) is 1.98. The topological polar surface area (TPSA) is 22.1 Å². The number of halogens is 4. The Kier molecular flexibility index (Phi) is 3.45. The third kappa shape index (κ3) is 2.71. The molecule has 1 heterocycles. The van der Waals surface area contributed by atoms with Crippen LogP contribution < -0.4 is 4.74 Å². The highest BCUT2D eigenvalue weighted by molar-refractivity contribution is 14.1. The van der Waals surface area contributed by atoms with Gasteiger partial charge in [-0.3, -0.25) is 0 Å². The average Bonchev–Trinajstić information content (AvgIpc) is 1.94. The predicted octanol–water partition coefficient (Wildman–Crippen LogP) is 2.94. The second kappa shape index (κ2) is 4.18. The van der Waals surface area contributed by atoms with E-state index >= 15 is 0 Å². The predicted molar refractivity (Wildman–Crippen MR) is 48.6 cm³/mol. The van der Waals surface area contributed by atoms with Gasteiger partial charge in [0.2, 0.25) is 0 Å². The summed E-state index contributed by atoms with van der Waals surface area (Å²) < 4.78 is 27.9. The number of nitrogens with zero attached hydrogens (tertiary/aromatic N) is 1. The maximum absolute atomic E-state index is 11.7. The van der Waals surface area contributed by atoms with Crippen LogP contribution in [0.2, 0.25) is 5.15 Å². The van der Waals surface area contributed by atoms with Crippen molar-refractivity contribution in [2.24, 2.45) is 0 Å². The molecule has 0 unspecified atom stereocenters. The second-order valence-electron chi connectivity index (χ2n) is 1.80. The maximum Gasteiger partial charge on any atom is 0.387 e. The molecule has 0 N–H and O–H groups in total. The van der Waals surface area contributed by atoms with Crippen molar-refractivity contribution < 1.29 is 13.5 Å². The van der Waals surface area contributed by atoms with Crippen molar-refractivity contribution in [3.05, 3.63) is 21.0 Å². The van der Waals surface area contributed by atoms with Gasteiger partial charge in [0, 0.05) is 0 Å². The van der Waals surface area contributed by atoms with Crippen LogP contribution in [0, 0.1) is 3.70 Å². The van der Waals surface area contributed by atoms with Crippen LogP contribution in [0.25, 0.3) is 0 Å². The number of alkyl halides is 2. The number of rotatable bonds is 2. The van der Waals surface area contributed by atoms with E-state index in [4.69, 9.17) is 11.6 Å². The van der Waals surface area contributed by atoms with E-state index in [2.05, 4.69) is 9.72 Å². The van der Waals surface area contributed by atoms with Gasteiger partial charge in [-0.25, -0.2) is 4.98 Å². The molecule has 0 atom stereocenters. The molecule has 0 amide bonds. The highest BCUT2D eigenvalue weighted by Crippen LogP contribution is 2.22. The normalized spacial score (nSPS) is 10.4. The molecule has 0 aliphatic rings. The molecule has 12 heavy (non-hydrogen) atoms. The summed E-state index contributed by atoms with van der Waals surface area (Å²) in [4.78, 5) is 3.72. The maximum atomic E-state index is 11.7. The fraction of sp³-hybridized carbons (Fsp3) is 0.167. The number of aromatic nitrogens is 1. The van der Waals surface area contributed by atoms with Crippen LogP contribution in [0.3, 0.4) is 0 Å². The molecule has 0 bridgehead atoms. The minimum absolute atomic E-state index is 0.0370. The molecule has 1 aromatic heterocycles. The van der Waals surface area contributed by atoms with Gasteiger partial charge in [0.05, 0.1) is 0 Å². The van der Waals surface area contributed by atoms with Gasteiger partial charge < -0.3 is 4.74 Å². The number of ether oxygens (including phenoxy) is 1. The Balaban J connectivity index is 2.86. The summed E-state index contributed by atoms with van der Waals surface area (Å²) >= 11 is 7.26.